The summed E-state index contributed by atoms with van der Waals surface area (Å²) in [5, 5.41) is 0.230. The summed E-state index contributed by atoms with van der Waals surface area (Å²) in [5.74, 6) is -0.643. The van der Waals surface area contributed by atoms with Gasteiger partial charge in [-0.05, 0) is 25.0 Å². The molecule has 2 aliphatic heterocycles. The number of amides is 1. The lowest BCUT2D eigenvalue weighted by Crippen LogP contribution is -2.38. The average molecular weight is 397 g/mol. The van der Waals surface area contributed by atoms with Crippen LogP contribution in [0.5, 0.6) is 0 Å². The molecule has 3 aliphatic rings. The van der Waals surface area contributed by atoms with Crippen molar-refractivity contribution in [3.8, 4) is 0 Å². The standard InChI is InChI=1S/C18H21FN2O3S2/c19-13-8-4-5-9-14(13)21-15-10-26(23,24)11-16(15)25-18(21)20-17(22)12-6-2-1-3-7-12/h4-5,8-9,12,15-16H,1-3,6-7,10-11H2/t15-,16-/m1/s1. The molecule has 0 unspecified atom stereocenters. The van der Waals surface area contributed by atoms with Crippen molar-refractivity contribution in [1.29, 1.82) is 0 Å². The van der Waals surface area contributed by atoms with E-state index in [1.807, 2.05) is 0 Å². The topological polar surface area (TPSA) is 66.8 Å². The number of thioether (sulfide) groups is 1. The van der Waals surface area contributed by atoms with E-state index in [9.17, 15) is 17.6 Å². The Labute approximate surface area is 157 Å². The van der Waals surface area contributed by atoms with Gasteiger partial charge in [0.25, 0.3) is 5.91 Å². The highest BCUT2D eigenvalue weighted by atomic mass is 32.2. The zero-order chi connectivity index (χ0) is 18.3. The van der Waals surface area contributed by atoms with Crippen LogP contribution in [0.4, 0.5) is 10.1 Å². The molecule has 0 spiro atoms. The van der Waals surface area contributed by atoms with E-state index in [1.165, 1.54) is 17.8 Å². The normalized spacial score (nSPS) is 29.9. The van der Waals surface area contributed by atoms with E-state index in [0.29, 0.717) is 10.9 Å². The highest BCUT2D eigenvalue weighted by molar-refractivity contribution is 8.16. The number of para-hydroxylation sites is 1. The van der Waals surface area contributed by atoms with E-state index in [2.05, 4.69) is 4.99 Å². The van der Waals surface area contributed by atoms with Crippen molar-refractivity contribution in [2.75, 3.05) is 16.4 Å². The second kappa shape index (κ2) is 6.96. The number of benzene rings is 1. The molecule has 0 N–H and O–H groups in total. The minimum absolute atomic E-state index is 0.0321. The molecule has 1 aromatic carbocycles. The molecule has 5 nitrogen and oxygen atoms in total. The van der Waals surface area contributed by atoms with Crippen molar-refractivity contribution in [3.05, 3.63) is 30.1 Å². The third-order valence-electron chi connectivity index (χ3n) is 5.34. The summed E-state index contributed by atoms with van der Waals surface area (Å²) in [6.45, 7) is 0. The second-order valence-corrected chi connectivity index (χ2v) is 10.5. The fourth-order valence-electron chi connectivity index (χ4n) is 4.03. The first-order valence-corrected chi connectivity index (χ1v) is 11.7. The number of sulfone groups is 1. The first-order valence-electron chi connectivity index (χ1n) is 8.98. The zero-order valence-corrected chi connectivity index (χ0v) is 15.9. The van der Waals surface area contributed by atoms with Gasteiger partial charge in [0.2, 0.25) is 0 Å². The molecule has 2 heterocycles. The molecule has 1 aromatic rings. The molecule has 4 rings (SSSR count). The van der Waals surface area contributed by atoms with Gasteiger partial charge in [-0.2, -0.15) is 4.99 Å². The minimum Gasteiger partial charge on any atom is -0.313 e. The number of carbonyl (C=O) groups is 1. The van der Waals surface area contributed by atoms with Crippen molar-refractivity contribution >= 4 is 38.4 Å². The van der Waals surface area contributed by atoms with E-state index in [-0.39, 0.29) is 34.6 Å². The number of anilines is 1. The number of carbonyl (C=O) groups excluding carboxylic acids is 1. The molecule has 0 aromatic heterocycles. The number of fused-ring (bicyclic) bond motifs is 1. The summed E-state index contributed by atoms with van der Waals surface area (Å²) in [4.78, 5) is 18.6. The number of nitrogens with zero attached hydrogens (tertiary/aromatic N) is 2. The van der Waals surface area contributed by atoms with E-state index < -0.39 is 15.7 Å². The van der Waals surface area contributed by atoms with E-state index in [1.54, 1.807) is 23.1 Å². The van der Waals surface area contributed by atoms with Crippen molar-refractivity contribution < 1.29 is 17.6 Å². The summed E-state index contributed by atoms with van der Waals surface area (Å²) in [6, 6.07) is 5.89. The number of hydrogen-bond acceptors (Lipinski definition) is 4. The lowest BCUT2D eigenvalue weighted by Gasteiger charge is -2.25. The van der Waals surface area contributed by atoms with Gasteiger partial charge in [0.1, 0.15) is 5.82 Å². The molecule has 1 aliphatic carbocycles. The van der Waals surface area contributed by atoms with Crippen LogP contribution in [0.2, 0.25) is 0 Å². The quantitative estimate of drug-likeness (QED) is 0.769. The van der Waals surface area contributed by atoms with Gasteiger partial charge in [0.15, 0.2) is 15.0 Å². The fourth-order valence-corrected chi connectivity index (χ4v) is 7.94. The minimum atomic E-state index is -3.16. The van der Waals surface area contributed by atoms with Gasteiger partial charge in [0, 0.05) is 11.2 Å². The maximum atomic E-state index is 14.4. The molecule has 1 saturated carbocycles. The Kier molecular flexibility index (Phi) is 4.81. The fraction of sp³-hybridized carbons (Fsp3) is 0.556. The second-order valence-electron chi connectivity index (χ2n) is 7.19. The van der Waals surface area contributed by atoms with Crippen molar-refractivity contribution in [3.63, 3.8) is 0 Å². The molecular formula is C18H21FN2O3S2. The molecular weight excluding hydrogens is 375 g/mol. The Balaban J connectivity index is 1.68. The molecule has 0 radical (unpaired) electrons. The first kappa shape index (κ1) is 18.0. The van der Waals surface area contributed by atoms with Gasteiger partial charge < -0.3 is 4.90 Å². The molecule has 1 amide bonds. The Morgan fingerprint density at radius 1 is 1.15 bits per heavy atom. The lowest BCUT2D eigenvalue weighted by atomic mass is 9.89. The van der Waals surface area contributed by atoms with Crippen LogP contribution in [0.25, 0.3) is 0 Å². The van der Waals surface area contributed by atoms with Gasteiger partial charge in [-0.1, -0.05) is 43.2 Å². The number of aliphatic imine (C=N–C) groups is 1. The highest BCUT2D eigenvalue weighted by Gasteiger charge is 2.50. The summed E-state index contributed by atoms with van der Waals surface area (Å²) in [7, 11) is -3.16. The highest BCUT2D eigenvalue weighted by Crippen LogP contribution is 2.42. The maximum Gasteiger partial charge on any atom is 0.251 e. The number of halogens is 1. The van der Waals surface area contributed by atoms with Crippen molar-refractivity contribution in [2.45, 2.75) is 43.4 Å². The zero-order valence-electron chi connectivity index (χ0n) is 14.3. The smallest absolute Gasteiger partial charge is 0.251 e. The summed E-state index contributed by atoms with van der Waals surface area (Å²) in [5.41, 5.74) is 0.291. The molecule has 2 saturated heterocycles. The molecule has 0 bridgehead atoms. The third kappa shape index (κ3) is 3.41. The van der Waals surface area contributed by atoms with Crippen LogP contribution in [0.15, 0.2) is 29.3 Å². The van der Waals surface area contributed by atoms with Crippen LogP contribution < -0.4 is 4.90 Å². The van der Waals surface area contributed by atoms with E-state index in [0.717, 1.165) is 32.1 Å². The predicted molar refractivity (Wildman–Crippen MR) is 102 cm³/mol. The Morgan fingerprint density at radius 3 is 2.62 bits per heavy atom. The summed E-state index contributed by atoms with van der Waals surface area (Å²) >= 11 is 1.30. The third-order valence-corrected chi connectivity index (χ3v) is 8.55. The average Bonchev–Trinajstić information content (AvgIpc) is 3.07. The van der Waals surface area contributed by atoms with Crippen LogP contribution >= 0.6 is 11.8 Å². The van der Waals surface area contributed by atoms with E-state index >= 15 is 0 Å². The van der Waals surface area contributed by atoms with E-state index in [4.69, 9.17) is 0 Å². The molecule has 140 valence electrons. The Hall–Kier alpha value is -1.41. The van der Waals surface area contributed by atoms with Crippen LogP contribution in [-0.4, -0.2) is 42.3 Å². The summed E-state index contributed by atoms with van der Waals surface area (Å²) < 4.78 is 38.5. The molecule has 2 atom stereocenters. The van der Waals surface area contributed by atoms with Crippen LogP contribution in [-0.2, 0) is 14.6 Å². The van der Waals surface area contributed by atoms with Crippen LogP contribution in [0.1, 0.15) is 32.1 Å². The van der Waals surface area contributed by atoms with Crippen LogP contribution in [0, 0.1) is 11.7 Å². The monoisotopic (exact) mass is 396 g/mol. The first-order chi connectivity index (χ1) is 12.4. The van der Waals surface area contributed by atoms with Gasteiger partial charge in [0.05, 0.1) is 23.2 Å². The molecule has 8 heteroatoms. The maximum absolute atomic E-state index is 14.4. The molecule has 26 heavy (non-hydrogen) atoms. The SMILES string of the molecule is O=C(N=C1S[C@@H]2CS(=O)(=O)C[C@H]2N1c1ccccc1F)C1CCCCC1. The largest absolute Gasteiger partial charge is 0.313 e. The number of amidine groups is 1. The lowest BCUT2D eigenvalue weighted by molar-refractivity contribution is -0.122. The number of rotatable bonds is 2. The number of hydrogen-bond donors (Lipinski definition) is 0. The predicted octanol–water partition coefficient (Wildman–Crippen LogP) is 3.01. The summed E-state index contributed by atoms with van der Waals surface area (Å²) in [6.07, 6.45) is 4.92. The van der Waals surface area contributed by atoms with Crippen molar-refractivity contribution in [1.82, 2.24) is 0 Å². The Bertz CT molecular complexity index is 850. The van der Waals surface area contributed by atoms with Crippen LogP contribution in [0.3, 0.4) is 0 Å². The van der Waals surface area contributed by atoms with Gasteiger partial charge in [-0.15, -0.1) is 0 Å². The molecule has 3 fully saturated rings. The van der Waals surface area contributed by atoms with Gasteiger partial charge >= 0.3 is 0 Å². The Morgan fingerprint density at radius 2 is 1.88 bits per heavy atom. The van der Waals surface area contributed by atoms with Crippen molar-refractivity contribution in [2.24, 2.45) is 10.9 Å². The van der Waals surface area contributed by atoms with Gasteiger partial charge in [-0.25, -0.2) is 12.8 Å². The van der Waals surface area contributed by atoms with Gasteiger partial charge in [-0.3, -0.25) is 4.79 Å².